The Hall–Kier alpha value is -2.89. The number of nitrogens with one attached hydrogen (secondary N) is 1. The summed E-state index contributed by atoms with van der Waals surface area (Å²) in [4.78, 5) is 18.0. The molecule has 6 nitrogen and oxygen atoms in total. The lowest BCUT2D eigenvalue weighted by Gasteiger charge is -2.08. The second-order valence-electron chi connectivity index (χ2n) is 5.77. The van der Waals surface area contributed by atoms with Crippen LogP contribution < -0.4 is 4.74 Å². The molecule has 2 aromatic carbocycles. The SMILES string of the molecule is CC(C)COc1ccc(-c2nc3ccc([N+](=O)[O-])cc3[nH]2)cc1. The molecule has 0 aliphatic carbocycles. The fraction of sp³-hybridized carbons (Fsp3) is 0.235. The minimum absolute atomic E-state index is 0.0464. The highest BCUT2D eigenvalue weighted by molar-refractivity contribution is 5.81. The van der Waals surface area contributed by atoms with E-state index in [9.17, 15) is 10.1 Å². The molecule has 0 unspecified atom stereocenters. The van der Waals surface area contributed by atoms with Gasteiger partial charge in [0.15, 0.2) is 0 Å². The Morgan fingerprint density at radius 1 is 1.22 bits per heavy atom. The van der Waals surface area contributed by atoms with Gasteiger partial charge in [-0.25, -0.2) is 4.98 Å². The van der Waals surface area contributed by atoms with Crippen LogP contribution in [0.25, 0.3) is 22.4 Å². The average molecular weight is 311 g/mol. The summed E-state index contributed by atoms with van der Waals surface area (Å²) < 4.78 is 5.65. The van der Waals surface area contributed by atoms with Crippen molar-refractivity contribution in [3.63, 3.8) is 0 Å². The fourth-order valence-electron chi connectivity index (χ4n) is 2.22. The molecule has 3 rings (SSSR count). The van der Waals surface area contributed by atoms with Crippen molar-refractivity contribution in [2.75, 3.05) is 6.61 Å². The molecule has 0 amide bonds. The van der Waals surface area contributed by atoms with E-state index in [-0.39, 0.29) is 5.69 Å². The number of benzene rings is 2. The topological polar surface area (TPSA) is 81.1 Å². The minimum atomic E-state index is -0.416. The molecule has 0 bridgehead atoms. The lowest BCUT2D eigenvalue weighted by Crippen LogP contribution is -2.04. The maximum absolute atomic E-state index is 10.8. The summed E-state index contributed by atoms with van der Waals surface area (Å²) in [7, 11) is 0. The smallest absolute Gasteiger partial charge is 0.271 e. The average Bonchev–Trinajstić information content (AvgIpc) is 2.96. The van der Waals surface area contributed by atoms with Crippen molar-refractivity contribution in [3.05, 3.63) is 52.6 Å². The monoisotopic (exact) mass is 311 g/mol. The first-order valence-electron chi connectivity index (χ1n) is 7.40. The molecule has 1 N–H and O–H groups in total. The van der Waals surface area contributed by atoms with Gasteiger partial charge in [0.05, 0.1) is 22.6 Å². The Morgan fingerprint density at radius 3 is 2.61 bits per heavy atom. The molecule has 0 aliphatic rings. The third-order valence-corrected chi connectivity index (χ3v) is 3.39. The molecule has 0 radical (unpaired) electrons. The van der Waals surface area contributed by atoms with Gasteiger partial charge in [0.1, 0.15) is 11.6 Å². The number of hydrogen-bond donors (Lipinski definition) is 1. The summed E-state index contributed by atoms with van der Waals surface area (Å²) in [6, 6.07) is 12.2. The van der Waals surface area contributed by atoms with Gasteiger partial charge >= 0.3 is 0 Å². The van der Waals surface area contributed by atoms with E-state index in [4.69, 9.17) is 4.74 Å². The van der Waals surface area contributed by atoms with Crippen LogP contribution in [0.4, 0.5) is 5.69 Å². The van der Waals surface area contributed by atoms with Gasteiger partial charge in [-0.1, -0.05) is 13.8 Å². The highest BCUT2D eigenvalue weighted by Gasteiger charge is 2.10. The zero-order valence-electron chi connectivity index (χ0n) is 12.9. The van der Waals surface area contributed by atoms with Crippen LogP contribution in [-0.4, -0.2) is 21.5 Å². The number of H-pyrrole nitrogens is 1. The Kier molecular flexibility index (Phi) is 3.97. The van der Waals surface area contributed by atoms with Crippen LogP contribution in [0.3, 0.4) is 0 Å². The number of nitro benzene ring substituents is 1. The second-order valence-corrected chi connectivity index (χ2v) is 5.77. The number of fused-ring (bicyclic) bond motifs is 1. The number of aromatic amines is 1. The number of rotatable bonds is 5. The van der Waals surface area contributed by atoms with E-state index in [0.717, 1.165) is 11.3 Å². The Labute approximate surface area is 133 Å². The third kappa shape index (κ3) is 3.31. The molecule has 6 heteroatoms. The predicted octanol–water partition coefficient (Wildman–Crippen LogP) is 4.17. The maximum Gasteiger partial charge on any atom is 0.271 e. The number of imidazole rings is 1. The first-order chi connectivity index (χ1) is 11.0. The van der Waals surface area contributed by atoms with Gasteiger partial charge in [-0.15, -0.1) is 0 Å². The molecule has 0 saturated carbocycles. The summed E-state index contributed by atoms with van der Waals surface area (Å²) in [5.74, 6) is 1.96. The molecule has 0 fully saturated rings. The molecule has 1 aromatic heterocycles. The van der Waals surface area contributed by atoms with Crippen LogP contribution in [-0.2, 0) is 0 Å². The van der Waals surface area contributed by atoms with E-state index >= 15 is 0 Å². The molecule has 0 aliphatic heterocycles. The standard InChI is InChI=1S/C17H17N3O3/c1-11(2)10-23-14-6-3-12(4-7-14)17-18-15-8-5-13(20(21)22)9-16(15)19-17/h3-9,11H,10H2,1-2H3,(H,18,19). The van der Waals surface area contributed by atoms with Gasteiger partial charge in [0.2, 0.25) is 0 Å². The number of nitro groups is 1. The molecule has 0 saturated heterocycles. The first kappa shape index (κ1) is 15.0. The Morgan fingerprint density at radius 2 is 1.96 bits per heavy atom. The van der Waals surface area contributed by atoms with Crippen LogP contribution in [0, 0.1) is 16.0 Å². The van der Waals surface area contributed by atoms with Crippen LogP contribution >= 0.6 is 0 Å². The molecule has 1 heterocycles. The molecular formula is C17H17N3O3. The zero-order chi connectivity index (χ0) is 16.4. The van der Waals surface area contributed by atoms with E-state index in [1.54, 1.807) is 6.07 Å². The van der Waals surface area contributed by atoms with E-state index in [2.05, 4.69) is 23.8 Å². The predicted molar refractivity (Wildman–Crippen MR) is 88.5 cm³/mol. The fourth-order valence-corrected chi connectivity index (χ4v) is 2.22. The molecule has 0 atom stereocenters. The van der Waals surface area contributed by atoms with Crippen molar-refractivity contribution in [2.24, 2.45) is 5.92 Å². The van der Waals surface area contributed by atoms with Gasteiger partial charge in [0, 0.05) is 17.7 Å². The van der Waals surface area contributed by atoms with Gasteiger partial charge in [-0.2, -0.15) is 0 Å². The summed E-state index contributed by atoms with van der Waals surface area (Å²) >= 11 is 0. The zero-order valence-corrected chi connectivity index (χ0v) is 12.9. The van der Waals surface area contributed by atoms with Crippen LogP contribution in [0.2, 0.25) is 0 Å². The minimum Gasteiger partial charge on any atom is -0.493 e. The quantitative estimate of drug-likeness (QED) is 0.566. The van der Waals surface area contributed by atoms with Crippen molar-refractivity contribution >= 4 is 16.7 Å². The summed E-state index contributed by atoms with van der Waals surface area (Å²) in [6.07, 6.45) is 0. The highest BCUT2D eigenvalue weighted by atomic mass is 16.6. The molecule has 118 valence electrons. The normalized spacial score (nSPS) is 11.1. The van der Waals surface area contributed by atoms with Gasteiger partial charge in [-0.05, 0) is 36.2 Å². The number of aromatic nitrogens is 2. The van der Waals surface area contributed by atoms with E-state index < -0.39 is 4.92 Å². The lowest BCUT2D eigenvalue weighted by molar-refractivity contribution is -0.384. The van der Waals surface area contributed by atoms with Gasteiger partial charge in [-0.3, -0.25) is 10.1 Å². The van der Waals surface area contributed by atoms with E-state index in [0.29, 0.717) is 29.4 Å². The molecular weight excluding hydrogens is 294 g/mol. The lowest BCUT2D eigenvalue weighted by atomic mass is 10.2. The van der Waals surface area contributed by atoms with E-state index in [1.807, 2.05) is 24.3 Å². The largest absolute Gasteiger partial charge is 0.493 e. The highest BCUT2D eigenvalue weighted by Crippen LogP contribution is 2.25. The molecule has 23 heavy (non-hydrogen) atoms. The third-order valence-electron chi connectivity index (χ3n) is 3.39. The van der Waals surface area contributed by atoms with Crippen molar-refractivity contribution in [3.8, 4) is 17.1 Å². The van der Waals surface area contributed by atoms with Crippen LogP contribution in [0.5, 0.6) is 5.75 Å². The van der Waals surface area contributed by atoms with Crippen molar-refractivity contribution in [1.29, 1.82) is 0 Å². The number of non-ortho nitro benzene ring substituents is 1. The number of ether oxygens (including phenoxy) is 1. The molecule has 3 aromatic rings. The Balaban J connectivity index is 1.86. The maximum atomic E-state index is 10.8. The van der Waals surface area contributed by atoms with Crippen LogP contribution in [0.1, 0.15) is 13.8 Å². The van der Waals surface area contributed by atoms with Crippen molar-refractivity contribution in [1.82, 2.24) is 9.97 Å². The number of nitrogens with zero attached hydrogens (tertiary/aromatic N) is 2. The van der Waals surface area contributed by atoms with Crippen molar-refractivity contribution < 1.29 is 9.66 Å². The summed E-state index contributed by atoms with van der Waals surface area (Å²) in [5.41, 5.74) is 2.30. The van der Waals surface area contributed by atoms with E-state index in [1.165, 1.54) is 12.1 Å². The summed E-state index contributed by atoms with van der Waals surface area (Å²) in [5, 5.41) is 10.8. The van der Waals surface area contributed by atoms with Crippen LogP contribution in [0.15, 0.2) is 42.5 Å². The van der Waals surface area contributed by atoms with Gasteiger partial charge in [0.25, 0.3) is 5.69 Å². The summed E-state index contributed by atoms with van der Waals surface area (Å²) in [6.45, 7) is 4.87. The van der Waals surface area contributed by atoms with Crippen molar-refractivity contribution in [2.45, 2.75) is 13.8 Å². The second kappa shape index (κ2) is 6.08. The first-order valence-corrected chi connectivity index (χ1v) is 7.40. The van der Waals surface area contributed by atoms with Gasteiger partial charge < -0.3 is 9.72 Å². The Bertz CT molecular complexity index is 838. The number of hydrogen-bond acceptors (Lipinski definition) is 4. The molecule has 0 spiro atoms.